The van der Waals surface area contributed by atoms with Crippen LogP contribution in [0, 0.1) is 0 Å². The molecule has 0 aliphatic rings. The Morgan fingerprint density at radius 3 is 3.19 bits per heavy atom. The van der Waals surface area contributed by atoms with Gasteiger partial charge in [-0.2, -0.15) is 0 Å². The third kappa shape index (κ3) is 2.33. The van der Waals surface area contributed by atoms with Gasteiger partial charge < -0.3 is 4.74 Å². The fraction of sp³-hybridized carbons (Fsp3) is 0.300. The molecule has 0 saturated heterocycles. The van der Waals surface area contributed by atoms with Crippen LogP contribution < -0.4 is 0 Å². The van der Waals surface area contributed by atoms with E-state index in [0.29, 0.717) is 12.2 Å². The Morgan fingerprint density at radius 2 is 2.38 bits per heavy atom. The summed E-state index contributed by atoms with van der Waals surface area (Å²) in [4.78, 5) is 10.9. The Bertz CT molecular complexity index is 498. The third-order valence-corrected chi connectivity index (χ3v) is 2.99. The molecule has 2 aromatic rings. The van der Waals surface area contributed by atoms with E-state index < -0.39 is 0 Å². The van der Waals surface area contributed by atoms with Crippen LogP contribution >= 0.6 is 11.8 Å². The van der Waals surface area contributed by atoms with Gasteiger partial charge >= 0.3 is 5.97 Å². The lowest BCUT2D eigenvalue weighted by molar-refractivity contribution is -0.140. The molecular weight excluding hydrogens is 226 g/mol. The highest BCUT2D eigenvalue weighted by molar-refractivity contribution is 7.99. The molecule has 2 rings (SSSR count). The lowest BCUT2D eigenvalue weighted by Crippen LogP contribution is -2.01. The Balaban J connectivity index is 2.02. The van der Waals surface area contributed by atoms with Crippen molar-refractivity contribution in [3.63, 3.8) is 0 Å². The highest BCUT2D eigenvalue weighted by Crippen LogP contribution is 2.17. The van der Waals surface area contributed by atoms with Gasteiger partial charge in [0.15, 0.2) is 10.8 Å². The highest BCUT2D eigenvalue weighted by atomic mass is 32.2. The minimum absolute atomic E-state index is 0.207. The number of hydrogen-bond acceptors (Lipinski definition) is 5. The summed E-state index contributed by atoms with van der Waals surface area (Å²) in [6, 6.07) is 5.71. The van der Waals surface area contributed by atoms with Crippen LogP contribution in [-0.2, 0) is 9.53 Å². The summed E-state index contributed by atoms with van der Waals surface area (Å²) in [6.45, 7) is 0. The van der Waals surface area contributed by atoms with E-state index in [-0.39, 0.29) is 5.97 Å². The fourth-order valence-corrected chi connectivity index (χ4v) is 2.09. The van der Waals surface area contributed by atoms with Crippen molar-refractivity contribution in [1.82, 2.24) is 14.6 Å². The van der Waals surface area contributed by atoms with Crippen LogP contribution in [0.5, 0.6) is 0 Å². The van der Waals surface area contributed by atoms with Gasteiger partial charge in [-0.3, -0.25) is 9.20 Å². The average molecular weight is 237 g/mol. The molecule has 0 aliphatic carbocycles. The molecule has 0 unspecified atom stereocenters. The van der Waals surface area contributed by atoms with Crippen LogP contribution in [0.1, 0.15) is 6.42 Å². The topological polar surface area (TPSA) is 56.5 Å². The predicted molar refractivity (Wildman–Crippen MR) is 60.3 cm³/mol. The number of rotatable bonds is 4. The summed E-state index contributed by atoms with van der Waals surface area (Å²) < 4.78 is 6.45. The lowest BCUT2D eigenvalue weighted by atomic mass is 10.5. The standard InChI is InChI=1S/C10H11N3O2S/c1-15-9(14)5-7-16-10-12-11-8-4-2-3-6-13(8)10/h2-4,6H,5,7H2,1H3. The maximum Gasteiger partial charge on any atom is 0.306 e. The Hall–Kier alpha value is -1.56. The summed E-state index contributed by atoms with van der Waals surface area (Å²) >= 11 is 1.49. The number of thioether (sulfide) groups is 1. The molecule has 0 N–H and O–H groups in total. The molecule has 0 aliphatic heterocycles. The van der Waals surface area contributed by atoms with Crippen molar-refractivity contribution in [2.24, 2.45) is 0 Å². The zero-order valence-corrected chi connectivity index (χ0v) is 9.61. The van der Waals surface area contributed by atoms with E-state index in [1.54, 1.807) is 0 Å². The van der Waals surface area contributed by atoms with Gasteiger partial charge in [-0.1, -0.05) is 17.8 Å². The summed E-state index contributed by atoms with van der Waals surface area (Å²) in [5, 5.41) is 8.85. The number of nitrogens with zero attached hydrogens (tertiary/aromatic N) is 3. The molecule has 16 heavy (non-hydrogen) atoms. The summed E-state index contributed by atoms with van der Waals surface area (Å²) in [6.07, 6.45) is 2.28. The Kier molecular flexibility index (Phi) is 3.40. The molecule has 0 aromatic carbocycles. The van der Waals surface area contributed by atoms with Gasteiger partial charge in [0.25, 0.3) is 0 Å². The number of carbonyl (C=O) groups excluding carboxylic acids is 1. The molecule has 2 heterocycles. The van der Waals surface area contributed by atoms with Crippen LogP contribution in [0.3, 0.4) is 0 Å². The molecule has 5 nitrogen and oxygen atoms in total. The first-order chi connectivity index (χ1) is 7.81. The zero-order valence-electron chi connectivity index (χ0n) is 8.79. The van der Waals surface area contributed by atoms with Crippen molar-refractivity contribution in [1.29, 1.82) is 0 Å². The number of esters is 1. The zero-order chi connectivity index (χ0) is 11.4. The normalized spacial score (nSPS) is 10.6. The van der Waals surface area contributed by atoms with Gasteiger partial charge in [0.05, 0.1) is 13.5 Å². The third-order valence-electron chi connectivity index (χ3n) is 2.05. The minimum atomic E-state index is -0.207. The molecule has 0 amide bonds. The number of aromatic nitrogens is 3. The second-order valence-corrected chi connectivity index (χ2v) is 4.15. The van der Waals surface area contributed by atoms with Crippen LogP contribution in [0.25, 0.3) is 5.65 Å². The highest BCUT2D eigenvalue weighted by Gasteiger charge is 2.06. The van der Waals surface area contributed by atoms with Crippen molar-refractivity contribution in [3.8, 4) is 0 Å². The Morgan fingerprint density at radius 1 is 1.50 bits per heavy atom. The number of methoxy groups -OCH3 is 1. The van der Waals surface area contributed by atoms with Gasteiger partial charge in [0.1, 0.15) is 0 Å². The number of fused-ring (bicyclic) bond motifs is 1. The van der Waals surface area contributed by atoms with E-state index >= 15 is 0 Å². The Labute approximate surface area is 96.8 Å². The first kappa shape index (κ1) is 10.9. The maximum atomic E-state index is 10.9. The van der Waals surface area contributed by atoms with E-state index in [1.807, 2.05) is 28.8 Å². The molecule has 2 aromatic heterocycles. The van der Waals surface area contributed by atoms with Crippen molar-refractivity contribution < 1.29 is 9.53 Å². The first-order valence-corrected chi connectivity index (χ1v) is 5.79. The monoisotopic (exact) mass is 237 g/mol. The van der Waals surface area contributed by atoms with E-state index in [9.17, 15) is 4.79 Å². The largest absolute Gasteiger partial charge is 0.469 e. The number of hydrogen-bond donors (Lipinski definition) is 0. The lowest BCUT2D eigenvalue weighted by Gasteiger charge is -1.99. The SMILES string of the molecule is COC(=O)CCSc1nnc2ccccn12. The second-order valence-electron chi connectivity index (χ2n) is 3.09. The summed E-state index contributed by atoms with van der Waals surface area (Å²) in [5.41, 5.74) is 0.808. The fourth-order valence-electron chi connectivity index (χ4n) is 1.25. The maximum absolute atomic E-state index is 10.9. The molecule has 0 fully saturated rings. The van der Waals surface area contributed by atoms with Gasteiger partial charge in [0, 0.05) is 11.9 Å². The van der Waals surface area contributed by atoms with E-state index in [0.717, 1.165) is 10.8 Å². The molecule has 0 spiro atoms. The average Bonchev–Trinajstić information content (AvgIpc) is 2.73. The molecule has 0 radical (unpaired) electrons. The van der Waals surface area contributed by atoms with Gasteiger partial charge in [-0.05, 0) is 12.1 Å². The van der Waals surface area contributed by atoms with Crippen LogP contribution in [0.4, 0.5) is 0 Å². The second kappa shape index (κ2) is 4.98. The molecule has 84 valence electrons. The van der Waals surface area contributed by atoms with Crippen LogP contribution in [-0.4, -0.2) is 33.4 Å². The number of pyridine rings is 1. The number of ether oxygens (including phenoxy) is 1. The van der Waals surface area contributed by atoms with Crippen molar-refractivity contribution in [2.45, 2.75) is 11.6 Å². The quantitative estimate of drug-likeness (QED) is 0.594. The van der Waals surface area contributed by atoms with Gasteiger partial charge in [-0.15, -0.1) is 10.2 Å². The molecule has 0 bridgehead atoms. The predicted octanol–water partition coefficient (Wildman–Crippen LogP) is 1.38. The van der Waals surface area contributed by atoms with Crippen LogP contribution in [0.2, 0.25) is 0 Å². The van der Waals surface area contributed by atoms with E-state index in [4.69, 9.17) is 0 Å². The van der Waals surface area contributed by atoms with E-state index in [2.05, 4.69) is 14.9 Å². The summed E-state index contributed by atoms with van der Waals surface area (Å²) in [7, 11) is 1.39. The molecule has 0 saturated carbocycles. The molecule has 6 heteroatoms. The van der Waals surface area contributed by atoms with Gasteiger partial charge in [0.2, 0.25) is 0 Å². The summed E-state index contributed by atoms with van der Waals surface area (Å²) in [5.74, 6) is 0.434. The van der Waals surface area contributed by atoms with Crippen molar-refractivity contribution >= 4 is 23.4 Å². The van der Waals surface area contributed by atoms with Crippen LogP contribution in [0.15, 0.2) is 29.6 Å². The smallest absolute Gasteiger partial charge is 0.306 e. The molecule has 0 atom stereocenters. The number of carbonyl (C=O) groups is 1. The van der Waals surface area contributed by atoms with Gasteiger partial charge in [-0.25, -0.2) is 0 Å². The molecular formula is C10H11N3O2S. The van der Waals surface area contributed by atoms with Crippen molar-refractivity contribution in [2.75, 3.05) is 12.9 Å². The minimum Gasteiger partial charge on any atom is -0.469 e. The van der Waals surface area contributed by atoms with Crippen molar-refractivity contribution in [3.05, 3.63) is 24.4 Å². The van der Waals surface area contributed by atoms with E-state index in [1.165, 1.54) is 18.9 Å². The first-order valence-electron chi connectivity index (χ1n) is 4.80.